The molecule has 0 radical (unpaired) electrons. The van der Waals surface area contributed by atoms with Gasteiger partial charge >= 0.3 is 0 Å². The highest BCUT2D eigenvalue weighted by Crippen LogP contribution is 2.13. The van der Waals surface area contributed by atoms with Crippen LogP contribution >= 0.6 is 0 Å². The van der Waals surface area contributed by atoms with Crippen LogP contribution in [0, 0.1) is 0 Å². The standard InChI is InChI=1S/C22H22N2O4/c1-27-16-17-9-11-18(12-10-17)22(26)24(14-20-8-5-13-28-20)15-21(25)23-19-6-3-2-4-7-19/h2-13H,14-16H2,1H3,(H,23,25). The van der Waals surface area contributed by atoms with Crippen LogP contribution in [0.5, 0.6) is 0 Å². The second kappa shape index (κ2) is 9.53. The number of furan rings is 1. The van der Waals surface area contributed by atoms with Crippen molar-refractivity contribution in [2.75, 3.05) is 19.0 Å². The third kappa shape index (κ3) is 5.31. The number of rotatable bonds is 8. The zero-order valence-electron chi connectivity index (χ0n) is 15.6. The number of nitrogens with zero attached hydrogens (tertiary/aromatic N) is 1. The van der Waals surface area contributed by atoms with Gasteiger partial charge in [0.2, 0.25) is 5.91 Å². The summed E-state index contributed by atoms with van der Waals surface area (Å²) >= 11 is 0. The van der Waals surface area contributed by atoms with Gasteiger partial charge in [0.1, 0.15) is 12.3 Å². The maximum absolute atomic E-state index is 13.0. The molecule has 0 saturated heterocycles. The Bertz CT molecular complexity index is 890. The quantitative estimate of drug-likeness (QED) is 0.649. The highest BCUT2D eigenvalue weighted by molar-refractivity contribution is 5.99. The average Bonchev–Trinajstić information content (AvgIpc) is 3.22. The molecule has 2 aromatic carbocycles. The van der Waals surface area contributed by atoms with Crippen LogP contribution < -0.4 is 5.32 Å². The Kier molecular flexibility index (Phi) is 6.59. The van der Waals surface area contributed by atoms with Crippen LogP contribution in [0.3, 0.4) is 0 Å². The van der Waals surface area contributed by atoms with Crippen molar-refractivity contribution in [1.82, 2.24) is 4.90 Å². The lowest BCUT2D eigenvalue weighted by Crippen LogP contribution is -2.37. The van der Waals surface area contributed by atoms with Crippen LogP contribution in [0.4, 0.5) is 5.69 Å². The molecule has 0 fully saturated rings. The molecule has 0 aliphatic rings. The Morgan fingerprint density at radius 2 is 1.75 bits per heavy atom. The summed E-state index contributed by atoms with van der Waals surface area (Å²) in [6, 6.07) is 19.8. The molecule has 28 heavy (non-hydrogen) atoms. The van der Waals surface area contributed by atoms with E-state index in [4.69, 9.17) is 9.15 Å². The Morgan fingerprint density at radius 1 is 1.00 bits per heavy atom. The van der Waals surface area contributed by atoms with Gasteiger partial charge in [-0.1, -0.05) is 30.3 Å². The molecule has 6 heteroatoms. The van der Waals surface area contributed by atoms with E-state index in [2.05, 4.69) is 5.32 Å². The Balaban J connectivity index is 1.74. The molecule has 6 nitrogen and oxygen atoms in total. The topological polar surface area (TPSA) is 71.8 Å². The first-order valence-electron chi connectivity index (χ1n) is 8.90. The van der Waals surface area contributed by atoms with Gasteiger partial charge in [-0.2, -0.15) is 0 Å². The van der Waals surface area contributed by atoms with Crippen molar-refractivity contribution in [2.45, 2.75) is 13.2 Å². The van der Waals surface area contributed by atoms with E-state index in [1.165, 1.54) is 4.90 Å². The fourth-order valence-electron chi connectivity index (χ4n) is 2.78. The molecule has 3 aromatic rings. The Morgan fingerprint density at radius 3 is 2.39 bits per heavy atom. The molecule has 0 unspecified atom stereocenters. The van der Waals surface area contributed by atoms with Gasteiger partial charge in [0.25, 0.3) is 5.91 Å². The molecule has 0 bridgehead atoms. The van der Waals surface area contributed by atoms with Gasteiger partial charge in [-0.05, 0) is 42.0 Å². The largest absolute Gasteiger partial charge is 0.467 e. The third-order valence-corrected chi connectivity index (χ3v) is 4.12. The third-order valence-electron chi connectivity index (χ3n) is 4.12. The van der Waals surface area contributed by atoms with Crippen LogP contribution in [-0.4, -0.2) is 30.4 Å². The van der Waals surface area contributed by atoms with Crippen molar-refractivity contribution in [1.29, 1.82) is 0 Å². The summed E-state index contributed by atoms with van der Waals surface area (Å²) < 4.78 is 10.5. The van der Waals surface area contributed by atoms with Gasteiger partial charge in [-0.15, -0.1) is 0 Å². The molecule has 0 saturated carbocycles. The number of amides is 2. The van der Waals surface area contributed by atoms with Gasteiger partial charge in [-0.3, -0.25) is 9.59 Å². The molecular formula is C22H22N2O4. The molecule has 0 aliphatic carbocycles. The van der Waals surface area contributed by atoms with E-state index in [0.29, 0.717) is 23.6 Å². The average molecular weight is 378 g/mol. The molecular weight excluding hydrogens is 356 g/mol. The molecule has 1 N–H and O–H groups in total. The van der Waals surface area contributed by atoms with E-state index >= 15 is 0 Å². The Hall–Kier alpha value is -3.38. The van der Waals surface area contributed by atoms with Crippen molar-refractivity contribution in [3.8, 4) is 0 Å². The van der Waals surface area contributed by atoms with Gasteiger partial charge in [0.15, 0.2) is 0 Å². The number of benzene rings is 2. The SMILES string of the molecule is COCc1ccc(C(=O)N(CC(=O)Nc2ccccc2)Cc2ccco2)cc1. The molecule has 0 aliphatic heterocycles. The highest BCUT2D eigenvalue weighted by Gasteiger charge is 2.20. The molecule has 0 atom stereocenters. The van der Waals surface area contributed by atoms with Crippen LogP contribution in [-0.2, 0) is 22.7 Å². The van der Waals surface area contributed by atoms with Crippen LogP contribution in [0.1, 0.15) is 21.7 Å². The number of carbonyl (C=O) groups is 2. The fraction of sp³-hybridized carbons (Fsp3) is 0.182. The summed E-state index contributed by atoms with van der Waals surface area (Å²) in [5, 5.41) is 2.80. The minimum Gasteiger partial charge on any atom is -0.467 e. The number of anilines is 1. The fourth-order valence-corrected chi connectivity index (χ4v) is 2.78. The first-order chi connectivity index (χ1) is 13.7. The second-order valence-electron chi connectivity index (χ2n) is 6.28. The van der Waals surface area contributed by atoms with Crippen molar-refractivity contribution >= 4 is 17.5 Å². The van der Waals surface area contributed by atoms with Crippen molar-refractivity contribution in [3.05, 3.63) is 89.9 Å². The van der Waals surface area contributed by atoms with Crippen molar-refractivity contribution in [3.63, 3.8) is 0 Å². The second-order valence-corrected chi connectivity index (χ2v) is 6.28. The summed E-state index contributed by atoms with van der Waals surface area (Å²) in [5.41, 5.74) is 2.15. The minimum atomic E-state index is -0.276. The molecule has 2 amide bonds. The lowest BCUT2D eigenvalue weighted by molar-refractivity contribution is -0.117. The van der Waals surface area contributed by atoms with Crippen molar-refractivity contribution in [2.24, 2.45) is 0 Å². The van der Waals surface area contributed by atoms with Gasteiger partial charge in [0.05, 0.1) is 19.4 Å². The summed E-state index contributed by atoms with van der Waals surface area (Å²) in [7, 11) is 1.62. The maximum atomic E-state index is 13.0. The van der Waals surface area contributed by atoms with Crippen LogP contribution in [0.15, 0.2) is 77.4 Å². The van der Waals surface area contributed by atoms with Crippen LogP contribution in [0.2, 0.25) is 0 Å². The van der Waals surface area contributed by atoms with E-state index in [0.717, 1.165) is 5.56 Å². The number of nitrogens with one attached hydrogen (secondary N) is 1. The molecule has 1 heterocycles. The number of hydrogen-bond donors (Lipinski definition) is 1. The Labute approximate surface area is 163 Å². The molecule has 144 valence electrons. The number of para-hydroxylation sites is 1. The monoisotopic (exact) mass is 378 g/mol. The minimum absolute atomic E-state index is 0.0890. The first kappa shape index (κ1) is 19.4. The highest BCUT2D eigenvalue weighted by atomic mass is 16.5. The number of ether oxygens (including phenoxy) is 1. The van der Waals surface area contributed by atoms with E-state index in [1.807, 2.05) is 30.3 Å². The summed E-state index contributed by atoms with van der Waals surface area (Å²) in [4.78, 5) is 26.9. The summed E-state index contributed by atoms with van der Waals surface area (Å²) in [6.45, 7) is 0.589. The van der Waals surface area contributed by atoms with E-state index in [9.17, 15) is 9.59 Å². The number of carbonyl (C=O) groups excluding carboxylic acids is 2. The predicted octanol–water partition coefficient (Wildman–Crippen LogP) is 3.71. The van der Waals surface area contributed by atoms with Gasteiger partial charge < -0.3 is 19.4 Å². The number of methoxy groups -OCH3 is 1. The van der Waals surface area contributed by atoms with E-state index in [-0.39, 0.29) is 24.9 Å². The zero-order valence-corrected chi connectivity index (χ0v) is 15.6. The normalized spacial score (nSPS) is 10.5. The lowest BCUT2D eigenvalue weighted by Gasteiger charge is -2.21. The first-order valence-corrected chi connectivity index (χ1v) is 8.90. The van der Waals surface area contributed by atoms with E-state index in [1.54, 1.807) is 49.8 Å². The molecule has 1 aromatic heterocycles. The summed E-state index contributed by atoms with van der Waals surface area (Å²) in [5.74, 6) is 0.0857. The summed E-state index contributed by atoms with van der Waals surface area (Å²) in [6.07, 6.45) is 1.54. The van der Waals surface area contributed by atoms with E-state index < -0.39 is 0 Å². The smallest absolute Gasteiger partial charge is 0.254 e. The van der Waals surface area contributed by atoms with Gasteiger partial charge in [0, 0.05) is 18.4 Å². The lowest BCUT2D eigenvalue weighted by atomic mass is 10.1. The van der Waals surface area contributed by atoms with Gasteiger partial charge in [-0.25, -0.2) is 0 Å². The van der Waals surface area contributed by atoms with Crippen molar-refractivity contribution < 1.29 is 18.7 Å². The zero-order chi connectivity index (χ0) is 19.8. The molecule has 0 spiro atoms. The maximum Gasteiger partial charge on any atom is 0.254 e. The van der Waals surface area contributed by atoms with Crippen LogP contribution in [0.25, 0.3) is 0 Å². The number of hydrogen-bond acceptors (Lipinski definition) is 4. The molecule has 3 rings (SSSR count). The predicted molar refractivity (Wildman–Crippen MR) is 106 cm³/mol.